The molecule has 2 heterocycles. The van der Waals surface area contributed by atoms with E-state index in [4.69, 9.17) is 14.5 Å². The number of hydrogen-bond donors (Lipinski definition) is 1. The molecular weight excluding hydrogens is 470 g/mol. The van der Waals surface area contributed by atoms with E-state index in [1.54, 1.807) is 54.4 Å². The molecule has 9 heteroatoms. The van der Waals surface area contributed by atoms with Crippen molar-refractivity contribution < 1.29 is 14.3 Å². The van der Waals surface area contributed by atoms with E-state index in [9.17, 15) is 9.59 Å². The smallest absolute Gasteiger partial charge is 0.267 e. The van der Waals surface area contributed by atoms with Crippen molar-refractivity contribution in [2.45, 2.75) is 24.4 Å². The predicted octanol–water partition coefficient (Wildman–Crippen LogP) is 4.68. The highest BCUT2D eigenvalue weighted by Gasteiger charge is 2.24. The van der Waals surface area contributed by atoms with Gasteiger partial charge in [0.05, 0.1) is 31.0 Å². The molecule has 34 heavy (non-hydrogen) atoms. The Kier molecular flexibility index (Phi) is 6.30. The van der Waals surface area contributed by atoms with Crippen LogP contribution >= 0.6 is 23.1 Å². The summed E-state index contributed by atoms with van der Waals surface area (Å²) in [6.07, 6.45) is 2.97. The second-order valence-electron chi connectivity index (χ2n) is 7.84. The van der Waals surface area contributed by atoms with Gasteiger partial charge in [-0.2, -0.15) is 0 Å². The maximum atomic E-state index is 13.7. The van der Waals surface area contributed by atoms with Gasteiger partial charge in [-0.1, -0.05) is 11.8 Å². The van der Waals surface area contributed by atoms with Crippen LogP contribution in [0, 0.1) is 0 Å². The van der Waals surface area contributed by atoms with Crippen LogP contribution in [0.15, 0.2) is 58.5 Å². The molecule has 2 aromatic heterocycles. The first kappa shape index (κ1) is 22.5. The third-order valence-electron chi connectivity index (χ3n) is 5.74. The van der Waals surface area contributed by atoms with Crippen molar-refractivity contribution in [1.29, 1.82) is 0 Å². The average Bonchev–Trinajstić information content (AvgIpc) is 3.44. The number of fused-ring (bicyclic) bond motifs is 3. The van der Waals surface area contributed by atoms with E-state index in [0.29, 0.717) is 27.7 Å². The average molecular weight is 494 g/mol. The monoisotopic (exact) mass is 493 g/mol. The van der Waals surface area contributed by atoms with Gasteiger partial charge in [0, 0.05) is 10.6 Å². The van der Waals surface area contributed by atoms with Crippen molar-refractivity contribution in [3.63, 3.8) is 0 Å². The Morgan fingerprint density at radius 2 is 1.74 bits per heavy atom. The Hall–Kier alpha value is -3.30. The molecule has 5 rings (SSSR count). The SMILES string of the molecule is COc1ccc(NC(=O)CSc2nc3sc4c(c3c(=O)n2-c2ccc(OC)cc2)CCC4)cc1. The largest absolute Gasteiger partial charge is 0.497 e. The first-order valence-electron chi connectivity index (χ1n) is 10.9. The van der Waals surface area contributed by atoms with Gasteiger partial charge in [0.1, 0.15) is 16.3 Å². The maximum absolute atomic E-state index is 13.7. The van der Waals surface area contributed by atoms with Crippen LogP contribution in [0.3, 0.4) is 0 Å². The Morgan fingerprint density at radius 1 is 1.06 bits per heavy atom. The number of aromatic nitrogens is 2. The van der Waals surface area contributed by atoms with E-state index in [-0.39, 0.29) is 17.2 Å². The highest BCUT2D eigenvalue weighted by atomic mass is 32.2. The fourth-order valence-electron chi connectivity index (χ4n) is 4.08. The summed E-state index contributed by atoms with van der Waals surface area (Å²) < 4.78 is 12.0. The number of thiophene rings is 1. The zero-order chi connectivity index (χ0) is 23.7. The Bertz CT molecular complexity index is 1410. The lowest BCUT2D eigenvalue weighted by Gasteiger charge is -2.13. The second-order valence-corrected chi connectivity index (χ2v) is 9.86. The number of nitrogens with one attached hydrogen (secondary N) is 1. The normalized spacial score (nSPS) is 12.5. The molecule has 1 N–H and O–H groups in total. The van der Waals surface area contributed by atoms with Crippen LogP contribution in [-0.2, 0) is 17.6 Å². The molecule has 0 saturated carbocycles. The molecule has 7 nitrogen and oxygen atoms in total. The van der Waals surface area contributed by atoms with Gasteiger partial charge in [0.25, 0.3) is 5.56 Å². The van der Waals surface area contributed by atoms with Gasteiger partial charge in [0.15, 0.2) is 5.16 Å². The Labute approximate surface area is 204 Å². The minimum absolute atomic E-state index is 0.0902. The van der Waals surface area contributed by atoms with E-state index >= 15 is 0 Å². The molecule has 0 unspecified atom stereocenters. The molecule has 0 bridgehead atoms. The standard InChI is InChI=1S/C25H23N3O4S2/c1-31-17-10-6-15(7-11-17)26-21(29)14-33-25-27-23-22(19-4-3-5-20(19)34-23)24(30)28(25)16-8-12-18(32-2)13-9-16/h6-13H,3-5,14H2,1-2H3,(H,26,29). The lowest BCUT2D eigenvalue weighted by molar-refractivity contribution is -0.113. The zero-order valence-electron chi connectivity index (χ0n) is 18.8. The highest BCUT2D eigenvalue weighted by molar-refractivity contribution is 7.99. The number of anilines is 1. The van der Waals surface area contributed by atoms with Crippen LogP contribution < -0.4 is 20.3 Å². The lowest BCUT2D eigenvalue weighted by atomic mass is 10.2. The number of carbonyl (C=O) groups is 1. The van der Waals surface area contributed by atoms with Crippen molar-refractivity contribution in [2.24, 2.45) is 0 Å². The third-order valence-corrected chi connectivity index (χ3v) is 7.87. The quantitative estimate of drug-likeness (QED) is 0.297. The summed E-state index contributed by atoms with van der Waals surface area (Å²) in [6, 6.07) is 14.4. The molecule has 2 aromatic carbocycles. The van der Waals surface area contributed by atoms with E-state index in [0.717, 1.165) is 35.4 Å². The maximum Gasteiger partial charge on any atom is 0.267 e. The summed E-state index contributed by atoms with van der Waals surface area (Å²) in [6.45, 7) is 0. The second kappa shape index (κ2) is 9.52. The van der Waals surface area contributed by atoms with Crippen molar-refractivity contribution in [3.8, 4) is 17.2 Å². The van der Waals surface area contributed by atoms with Crippen LogP contribution in [0.2, 0.25) is 0 Å². The predicted molar refractivity (Wildman–Crippen MR) is 136 cm³/mol. The Morgan fingerprint density at radius 3 is 2.41 bits per heavy atom. The summed E-state index contributed by atoms with van der Waals surface area (Å²) in [5, 5.41) is 4.08. The molecule has 4 aromatic rings. The molecule has 1 aliphatic carbocycles. The molecule has 1 amide bonds. The third kappa shape index (κ3) is 4.28. The molecule has 0 spiro atoms. The van der Waals surface area contributed by atoms with E-state index < -0.39 is 0 Å². The highest BCUT2D eigenvalue weighted by Crippen LogP contribution is 2.36. The Balaban J connectivity index is 1.47. The van der Waals surface area contributed by atoms with E-state index in [1.807, 2.05) is 24.3 Å². The lowest BCUT2D eigenvalue weighted by Crippen LogP contribution is -2.23. The summed E-state index contributed by atoms with van der Waals surface area (Å²) in [5.41, 5.74) is 2.41. The first-order valence-corrected chi connectivity index (χ1v) is 12.7. The van der Waals surface area contributed by atoms with Gasteiger partial charge in [-0.05, 0) is 73.4 Å². The number of benzene rings is 2. The summed E-state index contributed by atoms with van der Waals surface area (Å²) in [7, 11) is 3.20. The van der Waals surface area contributed by atoms with Gasteiger partial charge in [0.2, 0.25) is 5.91 Å². The molecule has 0 fully saturated rings. The van der Waals surface area contributed by atoms with Crippen LogP contribution in [0.5, 0.6) is 11.5 Å². The molecule has 0 saturated heterocycles. The van der Waals surface area contributed by atoms with Gasteiger partial charge in [-0.3, -0.25) is 14.2 Å². The van der Waals surface area contributed by atoms with Gasteiger partial charge < -0.3 is 14.8 Å². The number of nitrogens with zero attached hydrogens (tertiary/aromatic N) is 2. The first-order chi connectivity index (χ1) is 16.6. The summed E-state index contributed by atoms with van der Waals surface area (Å²) >= 11 is 2.84. The minimum Gasteiger partial charge on any atom is -0.497 e. The van der Waals surface area contributed by atoms with Crippen molar-refractivity contribution in [1.82, 2.24) is 9.55 Å². The number of methoxy groups -OCH3 is 2. The summed E-state index contributed by atoms with van der Waals surface area (Å²) in [4.78, 5) is 33.2. The zero-order valence-corrected chi connectivity index (χ0v) is 20.4. The number of rotatable bonds is 7. The number of hydrogen-bond acceptors (Lipinski definition) is 7. The van der Waals surface area contributed by atoms with Crippen LogP contribution in [0.4, 0.5) is 5.69 Å². The summed E-state index contributed by atoms with van der Waals surface area (Å²) in [5.74, 6) is 1.36. The van der Waals surface area contributed by atoms with Crippen molar-refractivity contribution in [3.05, 3.63) is 69.3 Å². The van der Waals surface area contributed by atoms with Crippen molar-refractivity contribution in [2.75, 3.05) is 25.3 Å². The molecular formula is C25H23N3O4S2. The van der Waals surface area contributed by atoms with Crippen LogP contribution in [0.1, 0.15) is 16.9 Å². The fourth-order valence-corrected chi connectivity index (χ4v) is 6.20. The minimum atomic E-state index is -0.181. The van der Waals surface area contributed by atoms with Crippen molar-refractivity contribution >= 4 is 44.9 Å². The molecule has 0 radical (unpaired) electrons. The number of carbonyl (C=O) groups excluding carboxylic acids is 1. The molecule has 0 atom stereocenters. The molecule has 174 valence electrons. The van der Waals surface area contributed by atoms with Crippen LogP contribution in [-0.4, -0.2) is 35.4 Å². The number of amides is 1. The van der Waals surface area contributed by atoms with Gasteiger partial charge in [-0.15, -0.1) is 11.3 Å². The van der Waals surface area contributed by atoms with E-state index in [2.05, 4.69) is 5.32 Å². The number of ether oxygens (including phenoxy) is 2. The molecule has 1 aliphatic rings. The van der Waals surface area contributed by atoms with Gasteiger partial charge >= 0.3 is 0 Å². The van der Waals surface area contributed by atoms with Gasteiger partial charge in [-0.25, -0.2) is 4.98 Å². The number of aryl methyl sites for hydroxylation is 2. The van der Waals surface area contributed by atoms with E-state index in [1.165, 1.54) is 16.6 Å². The topological polar surface area (TPSA) is 82.5 Å². The molecule has 0 aliphatic heterocycles. The number of thioether (sulfide) groups is 1. The fraction of sp³-hybridized carbons (Fsp3) is 0.240. The van der Waals surface area contributed by atoms with Crippen LogP contribution in [0.25, 0.3) is 15.9 Å².